The molecule has 0 spiro atoms. The van der Waals surface area contributed by atoms with Gasteiger partial charge in [0.2, 0.25) is 5.91 Å². The molecule has 0 saturated carbocycles. The molecule has 23 heavy (non-hydrogen) atoms. The van der Waals surface area contributed by atoms with Crippen LogP contribution in [0.25, 0.3) is 0 Å². The molecule has 2 aromatic rings. The molecule has 3 amide bonds. The van der Waals surface area contributed by atoms with Crippen molar-refractivity contribution in [1.82, 2.24) is 5.32 Å². The Morgan fingerprint density at radius 2 is 2.22 bits per heavy atom. The normalized spacial score (nSPS) is 14.1. The van der Waals surface area contributed by atoms with Crippen LogP contribution in [0, 0.1) is 0 Å². The lowest BCUT2D eigenvalue weighted by atomic mass is 10.2. The number of nitrogens with one attached hydrogen (secondary N) is 2. The number of hydrogen-bond acceptors (Lipinski definition) is 3. The van der Waals surface area contributed by atoms with E-state index in [4.69, 9.17) is 16.0 Å². The predicted molar refractivity (Wildman–Crippen MR) is 87.6 cm³/mol. The molecule has 1 fully saturated rings. The van der Waals surface area contributed by atoms with Gasteiger partial charge < -0.3 is 20.0 Å². The topological polar surface area (TPSA) is 74.6 Å². The number of anilines is 2. The van der Waals surface area contributed by atoms with E-state index in [-0.39, 0.29) is 12.5 Å². The van der Waals surface area contributed by atoms with Gasteiger partial charge in [0, 0.05) is 18.7 Å². The van der Waals surface area contributed by atoms with Crippen molar-refractivity contribution >= 4 is 34.9 Å². The van der Waals surface area contributed by atoms with E-state index in [2.05, 4.69) is 10.6 Å². The molecule has 120 valence electrons. The van der Waals surface area contributed by atoms with Crippen molar-refractivity contribution < 1.29 is 14.0 Å². The van der Waals surface area contributed by atoms with Gasteiger partial charge in [-0.25, -0.2) is 4.79 Å². The van der Waals surface area contributed by atoms with E-state index in [9.17, 15) is 9.59 Å². The van der Waals surface area contributed by atoms with Crippen molar-refractivity contribution in [2.75, 3.05) is 16.8 Å². The van der Waals surface area contributed by atoms with Crippen LogP contribution >= 0.6 is 11.6 Å². The number of amides is 3. The lowest BCUT2D eigenvalue weighted by molar-refractivity contribution is -0.117. The number of carbonyl (C=O) groups is 2. The zero-order chi connectivity index (χ0) is 16.2. The van der Waals surface area contributed by atoms with Crippen molar-refractivity contribution in [1.29, 1.82) is 0 Å². The summed E-state index contributed by atoms with van der Waals surface area (Å²) in [5.41, 5.74) is 1.19. The van der Waals surface area contributed by atoms with Crippen molar-refractivity contribution in [3.8, 4) is 0 Å². The Morgan fingerprint density at radius 3 is 2.91 bits per heavy atom. The Labute approximate surface area is 138 Å². The Bertz CT molecular complexity index is 715. The van der Waals surface area contributed by atoms with Gasteiger partial charge >= 0.3 is 6.03 Å². The fourth-order valence-corrected chi connectivity index (χ4v) is 2.61. The average molecular weight is 334 g/mol. The molecule has 1 aromatic heterocycles. The van der Waals surface area contributed by atoms with E-state index in [1.54, 1.807) is 41.5 Å². The third-order valence-electron chi connectivity index (χ3n) is 3.59. The molecule has 1 aromatic carbocycles. The molecule has 6 nitrogen and oxygen atoms in total. The fraction of sp³-hybridized carbons (Fsp3) is 0.250. The lowest BCUT2D eigenvalue weighted by Crippen LogP contribution is -2.28. The summed E-state index contributed by atoms with van der Waals surface area (Å²) in [6.07, 6.45) is 2.94. The van der Waals surface area contributed by atoms with Crippen molar-refractivity contribution in [3.63, 3.8) is 0 Å². The highest BCUT2D eigenvalue weighted by molar-refractivity contribution is 6.33. The first-order valence-corrected chi connectivity index (χ1v) is 7.68. The van der Waals surface area contributed by atoms with E-state index >= 15 is 0 Å². The van der Waals surface area contributed by atoms with Crippen LogP contribution in [-0.2, 0) is 11.3 Å². The van der Waals surface area contributed by atoms with Crippen LogP contribution in [0.3, 0.4) is 0 Å². The molecule has 1 aliphatic heterocycles. The lowest BCUT2D eigenvalue weighted by Gasteiger charge is -2.17. The average Bonchev–Trinajstić information content (AvgIpc) is 3.19. The van der Waals surface area contributed by atoms with Gasteiger partial charge in [-0.15, -0.1) is 0 Å². The highest BCUT2D eigenvalue weighted by Gasteiger charge is 2.22. The minimum Gasteiger partial charge on any atom is -0.467 e. The Balaban J connectivity index is 1.66. The Hall–Kier alpha value is -2.47. The van der Waals surface area contributed by atoms with Crippen LogP contribution in [0.2, 0.25) is 5.02 Å². The number of rotatable bonds is 4. The number of halogens is 1. The summed E-state index contributed by atoms with van der Waals surface area (Å²) in [7, 11) is 0. The zero-order valence-electron chi connectivity index (χ0n) is 12.3. The zero-order valence-corrected chi connectivity index (χ0v) is 13.1. The van der Waals surface area contributed by atoms with E-state index in [1.807, 2.05) is 0 Å². The molecule has 1 saturated heterocycles. The number of hydrogen-bond donors (Lipinski definition) is 2. The standard InChI is InChI=1S/C16H16ClN3O3/c17-13-6-5-11(20-7-1-4-15(20)21)9-14(13)19-16(22)18-10-12-3-2-8-23-12/h2-3,5-6,8-9H,1,4,7,10H2,(H2,18,19,22). The van der Waals surface area contributed by atoms with Gasteiger partial charge in [-0.2, -0.15) is 0 Å². The Kier molecular flexibility index (Phi) is 4.52. The van der Waals surface area contributed by atoms with E-state index in [1.165, 1.54) is 0 Å². The van der Waals surface area contributed by atoms with E-state index in [0.717, 1.165) is 12.1 Å². The van der Waals surface area contributed by atoms with Crippen molar-refractivity contribution in [2.24, 2.45) is 0 Å². The third-order valence-corrected chi connectivity index (χ3v) is 3.92. The highest BCUT2D eigenvalue weighted by atomic mass is 35.5. The number of carbonyl (C=O) groups excluding carboxylic acids is 2. The second kappa shape index (κ2) is 6.75. The summed E-state index contributed by atoms with van der Waals surface area (Å²) in [5, 5.41) is 5.78. The molecule has 0 radical (unpaired) electrons. The maximum atomic E-state index is 12.0. The summed E-state index contributed by atoms with van der Waals surface area (Å²) in [6, 6.07) is 8.28. The second-order valence-corrected chi connectivity index (χ2v) is 5.61. The van der Waals surface area contributed by atoms with Crippen LogP contribution in [0.15, 0.2) is 41.0 Å². The molecule has 0 atom stereocenters. The summed E-state index contributed by atoms with van der Waals surface area (Å²) in [6.45, 7) is 0.964. The Morgan fingerprint density at radius 1 is 1.35 bits per heavy atom. The number of nitrogens with zero attached hydrogens (tertiary/aromatic N) is 1. The molecule has 3 rings (SSSR count). The van der Waals surface area contributed by atoms with Gasteiger partial charge in [-0.1, -0.05) is 11.6 Å². The van der Waals surface area contributed by atoms with Gasteiger partial charge in [0.25, 0.3) is 0 Å². The first-order chi connectivity index (χ1) is 11.1. The minimum absolute atomic E-state index is 0.0838. The summed E-state index contributed by atoms with van der Waals surface area (Å²) >= 11 is 6.12. The molecular formula is C16H16ClN3O3. The van der Waals surface area contributed by atoms with Crippen molar-refractivity contribution in [3.05, 3.63) is 47.4 Å². The second-order valence-electron chi connectivity index (χ2n) is 5.20. The molecule has 2 heterocycles. The minimum atomic E-state index is -0.395. The maximum Gasteiger partial charge on any atom is 0.319 e. The van der Waals surface area contributed by atoms with Crippen LogP contribution in [-0.4, -0.2) is 18.5 Å². The fourth-order valence-electron chi connectivity index (χ4n) is 2.45. The highest BCUT2D eigenvalue weighted by Crippen LogP contribution is 2.29. The maximum absolute atomic E-state index is 12.0. The SMILES string of the molecule is O=C(NCc1ccco1)Nc1cc(N2CCCC2=O)ccc1Cl. The molecule has 2 N–H and O–H groups in total. The van der Waals surface area contributed by atoms with Gasteiger partial charge in [0.1, 0.15) is 5.76 Å². The molecule has 0 aliphatic carbocycles. The van der Waals surface area contributed by atoms with Crippen molar-refractivity contribution in [2.45, 2.75) is 19.4 Å². The smallest absolute Gasteiger partial charge is 0.319 e. The van der Waals surface area contributed by atoms with Crippen LogP contribution < -0.4 is 15.5 Å². The van der Waals surface area contributed by atoms with Gasteiger partial charge in [0.15, 0.2) is 0 Å². The van der Waals surface area contributed by atoms with E-state index in [0.29, 0.717) is 29.4 Å². The number of benzene rings is 1. The molecule has 0 bridgehead atoms. The first kappa shape index (κ1) is 15.4. The van der Waals surface area contributed by atoms with Gasteiger partial charge in [-0.05, 0) is 36.8 Å². The van der Waals surface area contributed by atoms with Gasteiger partial charge in [0.05, 0.1) is 23.5 Å². The van der Waals surface area contributed by atoms with Crippen LogP contribution in [0.4, 0.5) is 16.2 Å². The molecular weight excluding hydrogens is 318 g/mol. The molecule has 1 aliphatic rings. The number of furan rings is 1. The summed E-state index contributed by atoms with van der Waals surface area (Å²) in [4.78, 5) is 25.5. The largest absolute Gasteiger partial charge is 0.467 e. The predicted octanol–water partition coefficient (Wildman–Crippen LogP) is 3.38. The molecule has 7 heteroatoms. The summed E-state index contributed by atoms with van der Waals surface area (Å²) in [5.74, 6) is 0.739. The molecule has 0 unspecified atom stereocenters. The quantitative estimate of drug-likeness (QED) is 0.900. The monoisotopic (exact) mass is 333 g/mol. The summed E-state index contributed by atoms with van der Waals surface area (Å²) < 4.78 is 5.14. The van der Waals surface area contributed by atoms with Crippen LogP contribution in [0.5, 0.6) is 0 Å². The van der Waals surface area contributed by atoms with E-state index < -0.39 is 6.03 Å². The third kappa shape index (κ3) is 3.65. The van der Waals surface area contributed by atoms with Gasteiger partial charge in [-0.3, -0.25) is 4.79 Å². The van der Waals surface area contributed by atoms with Crippen LogP contribution in [0.1, 0.15) is 18.6 Å². The first-order valence-electron chi connectivity index (χ1n) is 7.30. The number of urea groups is 1.